The highest BCUT2D eigenvalue weighted by molar-refractivity contribution is 9.10. The van der Waals surface area contributed by atoms with E-state index in [9.17, 15) is 18.0 Å². The number of hydrogen-bond donors (Lipinski definition) is 1. The molecule has 1 aromatic heterocycles. The minimum absolute atomic E-state index is 0.174. The zero-order chi connectivity index (χ0) is 19.6. The Balaban J connectivity index is 2.25. The van der Waals surface area contributed by atoms with Crippen LogP contribution in [0.15, 0.2) is 16.6 Å². The number of alkyl halides is 3. The molecule has 0 aliphatic rings. The third-order valence-corrected chi connectivity index (χ3v) is 4.69. The van der Waals surface area contributed by atoms with E-state index in [0.29, 0.717) is 5.75 Å². The van der Waals surface area contributed by atoms with Crippen molar-refractivity contribution >= 4 is 39.1 Å². The second-order valence-corrected chi connectivity index (χ2v) is 6.34. The summed E-state index contributed by atoms with van der Waals surface area (Å²) in [6.07, 6.45) is -4.63. The fourth-order valence-electron chi connectivity index (χ4n) is 2.14. The van der Waals surface area contributed by atoms with Crippen molar-refractivity contribution in [2.24, 2.45) is 0 Å². The SMILES string of the molecule is COc1cc(NC(=O)Cn2nc(C(F)(F)F)c(Br)c2C)c(OC)cc1Cl. The van der Waals surface area contributed by atoms with Crippen LogP contribution < -0.4 is 14.8 Å². The van der Waals surface area contributed by atoms with E-state index in [1.54, 1.807) is 0 Å². The Bertz CT molecular complexity index is 840. The van der Waals surface area contributed by atoms with Gasteiger partial charge < -0.3 is 14.8 Å². The minimum atomic E-state index is -4.63. The molecule has 0 atom stereocenters. The topological polar surface area (TPSA) is 65.4 Å². The molecule has 2 aromatic rings. The second kappa shape index (κ2) is 7.75. The molecule has 2 rings (SSSR count). The number of carbonyl (C=O) groups is 1. The summed E-state index contributed by atoms with van der Waals surface area (Å²) in [5.74, 6) is -0.0156. The highest BCUT2D eigenvalue weighted by Gasteiger charge is 2.38. The minimum Gasteiger partial charge on any atom is -0.495 e. The van der Waals surface area contributed by atoms with Crippen LogP contribution in [0.3, 0.4) is 0 Å². The summed E-state index contributed by atoms with van der Waals surface area (Å²) in [7, 11) is 2.79. The molecule has 0 aliphatic heterocycles. The Morgan fingerprint density at radius 1 is 1.31 bits per heavy atom. The van der Waals surface area contributed by atoms with Gasteiger partial charge in [-0.05, 0) is 22.9 Å². The molecule has 0 radical (unpaired) electrons. The first kappa shape index (κ1) is 20.4. The van der Waals surface area contributed by atoms with Crippen molar-refractivity contribution in [3.63, 3.8) is 0 Å². The first-order chi connectivity index (χ1) is 12.1. The smallest absolute Gasteiger partial charge is 0.436 e. The summed E-state index contributed by atoms with van der Waals surface area (Å²) >= 11 is 8.84. The van der Waals surface area contributed by atoms with Crippen LogP contribution in [-0.2, 0) is 17.5 Å². The Morgan fingerprint density at radius 2 is 1.92 bits per heavy atom. The van der Waals surface area contributed by atoms with Crippen LogP contribution in [-0.4, -0.2) is 29.9 Å². The van der Waals surface area contributed by atoms with Crippen molar-refractivity contribution in [3.8, 4) is 11.5 Å². The van der Waals surface area contributed by atoms with E-state index in [2.05, 4.69) is 26.3 Å². The van der Waals surface area contributed by atoms with Crippen molar-refractivity contribution in [1.29, 1.82) is 0 Å². The Morgan fingerprint density at radius 3 is 2.42 bits per heavy atom. The van der Waals surface area contributed by atoms with Crippen LogP contribution >= 0.6 is 27.5 Å². The molecule has 0 unspecified atom stereocenters. The number of ether oxygens (including phenoxy) is 2. The van der Waals surface area contributed by atoms with Gasteiger partial charge in [-0.3, -0.25) is 9.48 Å². The average molecular weight is 457 g/mol. The van der Waals surface area contributed by atoms with E-state index in [4.69, 9.17) is 21.1 Å². The van der Waals surface area contributed by atoms with Gasteiger partial charge in [0.2, 0.25) is 5.91 Å². The zero-order valence-electron chi connectivity index (χ0n) is 13.9. The molecule has 1 amide bonds. The van der Waals surface area contributed by atoms with Crippen LogP contribution in [0.25, 0.3) is 0 Å². The number of nitrogens with one attached hydrogen (secondary N) is 1. The van der Waals surface area contributed by atoms with E-state index in [0.717, 1.165) is 4.68 Å². The molecular weight excluding hydrogens is 443 g/mol. The van der Waals surface area contributed by atoms with E-state index in [1.165, 1.54) is 33.3 Å². The zero-order valence-corrected chi connectivity index (χ0v) is 16.2. The molecule has 0 fully saturated rings. The van der Waals surface area contributed by atoms with Gasteiger partial charge in [0.25, 0.3) is 0 Å². The normalized spacial score (nSPS) is 11.4. The largest absolute Gasteiger partial charge is 0.495 e. The average Bonchev–Trinajstić information content (AvgIpc) is 2.84. The van der Waals surface area contributed by atoms with Crippen molar-refractivity contribution < 1.29 is 27.4 Å². The lowest BCUT2D eigenvalue weighted by Gasteiger charge is -2.13. The number of methoxy groups -OCH3 is 2. The van der Waals surface area contributed by atoms with Crippen molar-refractivity contribution in [1.82, 2.24) is 9.78 Å². The molecular formula is C15H14BrClF3N3O3. The lowest BCUT2D eigenvalue weighted by Crippen LogP contribution is -2.21. The number of carbonyl (C=O) groups excluding carboxylic acids is 1. The molecule has 142 valence electrons. The predicted molar refractivity (Wildman–Crippen MR) is 92.9 cm³/mol. The van der Waals surface area contributed by atoms with E-state index >= 15 is 0 Å². The van der Waals surface area contributed by atoms with Crippen LogP contribution in [0.5, 0.6) is 11.5 Å². The Labute approximate surface area is 160 Å². The van der Waals surface area contributed by atoms with Crippen molar-refractivity contribution in [3.05, 3.63) is 33.0 Å². The highest BCUT2D eigenvalue weighted by Crippen LogP contribution is 2.37. The fourth-order valence-corrected chi connectivity index (χ4v) is 2.88. The number of rotatable bonds is 5. The summed E-state index contributed by atoms with van der Waals surface area (Å²) in [4.78, 5) is 12.3. The lowest BCUT2D eigenvalue weighted by atomic mass is 10.2. The number of hydrogen-bond acceptors (Lipinski definition) is 4. The van der Waals surface area contributed by atoms with Gasteiger partial charge in [-0.2, -0.15) is 18.3 Å². The van der Waals surface area contributed by atoms with E-state index < -0.39 is 24.3 Å². The van der Waals surface area contributed by atoms with Crippen LogP contribution in [0.2, 0.25) is 5.02 Å². The van der Waals surface area contributed by atoms with Gasteiger partial charge in [0.05, 0.1) is 35.1 Å². The molecule has 0 aliphatic carbocycles. The first-order valence-corrected chi connectivity index (χ1v) is 8.27. The Kier molecular flexibility index (Phi) is 6.07. The number of amides is 1. The molecule has 1 N–H and O–H groups in total. The number of halogens is 5. The van der Waals surface area contributed by atoms with Crippen molar-refractivity contribution in [2.75, 3.05) is 19.5 Å². The van der Waals surface area contributed by atoms with Gasteiger partial charge >= 0.3 is 6.18 Å². The Hall–Kier alpha value is -1.94. The maximum atomic E-state index is 12.9. The van der Waals surface area contributed by atoms with Gasteiger partial charge in [0.1, 0.15) is 18.0 Å². The van der Waals surface area contributed by atoms with Gasteiger partial charge in [0, 0.05) is 12.1 Å². The maximum Gasteiger partial charge on any atom is 0.436 e. The van der Waals surface area contributed by atoms with E-state index in [1.807, 2.05) is 0 Å². The highest BCUT2D eigenvalue weighted by atomic mass is 79.9. The van der Waals surface area contributed by atoms with Gasteiger partial charge in [-0.1, -0.05) is 11.6 Å². The number of aromatic nitrogens is 2. The van der Waals surface area contributed by atoms with Gasteiger partial charge in [-0.25, -0.2) is 0 Å². The maximum absolute atomic E-state index is 12.9. The lowest BCUT2D eigenvalue weighted by molar-refractivity contribution is -0.142. The monoisotopic (exact) mass is 455 g/mol. The molecule has 11 heteroatoms. The molecule has 1 aromatic carbocycles. The van der Waals surface area contributed by atoms with Gasteiger partial charge in [-0.15, -0.1) is 0 Å². The molecule has 0 spiro atoms. The summed E-state index contributed by atoms with van der Waals surface area (Å²) < 4.78 is 49.7. The molecule has 6 nitrogen and oxygen atoms in total. The molecule has 0 saturated heterocycles. The van der Waals surface area contributed by atoms with E-state index in [-0.39, 0.29) is 26.6 Å². The number of benzene rings is 1. The molecule has 1 heterocycles. The van der Waals surface area contributed by atoms with Crippen LogP contribution in [0.4, 0.5) is 18.9 Å². The summed E-state index contributed by atoms with van der Waals surface area (Å²) in [5.41, 5.74) is -0.652. The molecule has 26 heavy (non-hydrogen) atoms. The third kappa shape index (κ3) is 4.24. The number of anilines is 1. The summed E-state index contributed by atoms with van der Waals surface area (Å²) in [6.45, 7) is 1.00. The molecule has 0 bridgehead atoms. The summed E-state index contributed by atoms with van der Waals surface area (Å²) in [5, 5.41) is 6.29. The summed E-state index contributed by atoms with van der Waals surface area (Å²) in [6, 6.07) is 2.90. The van der Waals surface area contributed by atoms with Crippen molar-refractivity contribution in [2.45, 2.75) is 19.6 Å². The van der Waals surface area contributed by atoms with Crippen LogP contribution in [0, 0.1) is 6.92 Å². The first-order valence-electron chi connectivity index (χ1n) is 7.10. The van der Waals surface area contributed by atoms with Crippen LogP contribution in [0.1, 0.15) is 11.4 Å². The fraction of sp³-hybridized carbons (Fsp3) is 0.333. The quantitative estimate of drug-likeness (QED) is 0.729. The van der Waals surface area contributed by atoms with Gasteiger partial charge in [0.15, 0.2) is 5.69 Å². The molecule has 0 saturated carbocycles. The third-order valence-electron chi connectivity index (χ3n) is 3.44. The predicted octanol–water partition coefficient (Wildman–Crippen LogP) is 4.28. The standard InChI is InChI=1S/C15H14BrClF3N3O3/c1-7-13(16)14(15(18,19)20)22-23(7)6-12(24)21-9-5-10(25-2)8(17)4-11(9)26-3/h4-5H,6H2,1-3H3,(H,21,24). The second-order valence-electron chi connectivity index (χ2n) is 5.14. The number of nitrogens with zero attached hydrogens (tertiary/aromatic N) is 2.